The van der Waals surface area contributed by atoms with Gasteiger partial charge in [0, 0.05) is 47.4 Å². The van der Waals surface area contributed by atoms with E-state index in [9.17, 15) is 9.59 Å². The highest BCUT2D eigenvalue weighted by atomic mass is 16.5. The first-order valence-electron chi connectivity index (χ1n) is 9.89. The lowest BCUT2D eigenvalue weighted by atomic mass is 10.0. The van der Waals surface area contributed by atoms with Crippen molar-refractivity contribution < 1.29 is 9.53 Å². The minimum absolute atomic E-state index is 0.163. The van der Waals surface area contributed by atoms with Crippen molar-refractivity contribution in [3.8, 4) is 17.0 Å². The summed E-state index contributed by atoms with van der Waals surface area (Å²) in [5.41, 5.74) is 4.64. The number of aromatic amines is 2. The molecule has 0 radical (unpaired) electrons. The van der Waals surface area contributed by atoms with Crippen molar-refractivity contribution in [3.63, 3.8) is 0 Å². The van der Waals surface area contributed by atoms with E-state index in [2.05, 4.69) is 9.97 Å². The Hall–Kier alpha value is -3.80. The molecule has 0 bridgehead atoms. The van der Waals surface area contributed by atoms with Gasteiger partial charge in [-0.25, -0.2) is 0 Å². The molecule has 0 fully saturated rings. The van der Waals surface area contributed by atoms with Gasteiger partial charge in [-0.15, -0.1) is 0 Å². The van der Waals surface area contributed by atoms with Crippen LogP contribution in [0.3, 0.4) is 0 Å². The number of amides is 1. The predicted molar refractivity (Wildman–Crippen MR) is 116 cm³/mol. The summed E-state index contributed by atoms with van der Waals surface area (Å²) in [5, 5.41) is 1.05. The Balaban J connectivity index is 1.45. The van der Waals surface area contributed by atoms with Gasteiger partial charge in [0.1, 0.15) is 11.3 Å². The third-order valence-corrected chi connectivity index (χ3v) is 5.69. The normalized spacial score (nSPS) is 13.3. The average Bonchev–Trinajstić information content (AvgIpc) is 3.16. The van der Waals surface area contributed by atoms with Gasteiger partial charge < -0.3 is 19.6 Å². The molecule has 1 aliphatic heterocycles. The van der Waals surface area contributed by atoms with Gasteiger partial charge in [-0.05, 0) is 35.9 Å². The Bertz CT molecular complexity index is 1300. The van der Waals surface area contributed by atoms with Crippen molar-refractivity contribution in [2.24, 2.45) is 0 Å². The van der Waals surface area contributed by atoms with Crippen LogP contribution >= 0.6 is 0 Å². The third kappa shape index (κ3) is 3.06. The predicted octanol–water partition coefficient (Wildman–Crippen LogP) is 3.73. The van der Waals surface area contributed by atoms with Gasteiger partial charge in [0.2, 0.25) is 0 Å². The summed E-state index contributed by atoms with van der Waals surface area (Å²) in [6, 6.07) is 18.9. The molecule has 0 aliphatic carbocycles. The highest BCUT2D eigenvalue weighted by Crippen LogP contribution is 2.30. The number of nitrogens with one attached hydrogen (secondary N) is 2. The monoisotopic (exact) mass is 399 g/mol. The number of hydrogen-bond donors (Lipinski definition) is 2. The van der Waals surface area contributed by atoms with Crippen molar-refractivity contribution >= 4 is 16.8 Å². The fourth-order valence-corrected chi connectivity index (χ4v) is 4.09. The minimum atomic E-state index is -0.368. The lowest BCUT2D eigenvalue weighted by Crippen LogP contribution is -2.38. The fourth-order valence-electron chi connectivity index (χ4n) is 4.09. The maximum absolute atomic E-state index is 13.1. The summed E-state index contributed by atoms with van der Waals surface area (Å²) in [4.78, 5) is 33.8. The molecule has 2 N–H and O–H groups in total. The Morgan fingerprint density at radius 3 is 2.63 bits per heavy atom. The van der Waals surface area contributed by atoms with Gasteiger partial charge in [0.15, 0.2) is 0 Å². The standard InChI is InChI=1S/C24H21N3O3/c1-30-16-7-9-21-18(13-16)19-14-27(12-11-22(19)25-21)24(29)17-8-10-20(26-23(17)28)15-5-3-2-4-6-15/h2-10,13,25H,11-12,14H2,1H3,(H,26,28). The van der Waals surface area contributed by atoms with Gasteiger partial charge in [0.05, 0.1) is 7.11 Å². The van der Waals surface area contributed by atoms with Crippen LogP contribution in [0.1, 0.15) is 21.6 Å². The SMILES string of the molecule is COc1ccc2[nH]c3c(c2c1)CN(C(=O)c1ccc(-c2ccccc2)[nH]c1=O)CC3. The number of ether oxygens (including phenoxy) is 1. The topological polar surface area (TPSA) is 78.2 Å². The van der Waals surface area contributed by atoms with E-state index in [-0.39, 0.29) is 17.0 Å². The second-order valence-corrected chi connectivity index (χ2v) is 7.45. The number of carbonyl (C=O) groups is 1. The van der Waals surface area contributed by atoms with Crippen LogP contribution in [0.15, 0.2) is 65.5 Å². The minimum Gasteiger partial charge on any atom is -0.497 e. The lowest BCUT2D eigenvalue weighted by Gasteiger charge is -2.27. The summed E-state index contributed by atoms with van der Waals surface area (Å²) in [6.45, 7) is 1.02. The Morgan fingerprint density at radius 2 is 1.87 bits per heavy atom. The molecule has 1 amide bonds. The molecule has 150 valence electrons. The maximum atomic E-state index is 13.1. The first-order chi connectivity index (χ1) is 14.6. The van der Waals surface area contributed by atoms with Crippen LogP contribution in [0, 0.1) is 0 Å². The molecule has 0 unspecified atom stereocenters. The van der Waals surface area contributed by atoms with Crippen molar-refractivity contribution in [2.45, 2.75) is 13.0 Å². The molecule has 4 aromatic rings. The Kier molecular flexibility index (Phi) is 4.39. The van der Waals surface area contributed by atoms with E-state index in [0.29, 0.717) is 18.8 Å². The number of carbonyl (C=O) groups excluding carboxylic acids is 1. The first-order valence-corrected chi connectivity index (χ1v) is 9.89. The van der Waals surface area contributed by atoms with Crippen LogP contribution in [0.2, 0.25) is 0 Å². The molecular weight excluding hydrogens is 378 g/mol. The molecule has 6 nitrogen and oxygen atoms in total. The second kappa shape index (κ2) is 7.22. The summed E-state index contributed by atoms with van der Waals surface area (Å²) in [7, 11) is 1.64. The van der Waals surface area contributed by atoms with Crippen LogP contribution in [-0.4, -0.2) is 34.4 Å². The van der Waals surface area contributed by atoms with Gasteiger partial charge in [-0.2, -0.15) is 0 Å². The zero-order valence-corrected chi connectivity index (χ0v) is 16.6. The van der Waals surface area contributed by atoms with E-state index in [0.717, 1.165) is 39.9 Å². The Morgan fingerprint density at radius 1 is 1.03 bits per heavy atom. The van der Waals surface area contributed by atoms with Crippen LogP contribution in [-0.2, 0) is 13.0 Å². The summed E-state index contributed by atoms with van der Waals surface area (Å²) in [6.07, 6.45) is 0.720. The number of aromatic nitrogens is 2. The van der Waals surface area contributed by atoms with Crippen molar-refractivity contribution in [1.82, 2.24) is 14.9 Å². The molecule has 2 aromatic carbocycles. The van der Waals surface area contributed by atoms with Crippen molar-refractivity contribution in [1.29, 1.82) is 0 Å². The molecule has 0 saturated carbocycles. The summed E-state index contributed by atoms with van der Waals surface area (Å²) < 4.78 is 5.35. The molecule has 2 aromatic heterocycles. The van der Waals surface area contributed by atoms with E-state index in [4.69, 9.17) is 4.74 Å². The maximum Gasteiger partial charge on any atom is 0.261 e. The zero-order valence-electron chi connectivity index (χ0n) is 16.6. The number of pyridine rings is 1. The smallest absolute Gasteiger partial charge is 0.261 e. The van der Waals surface area contributed by atoms with Gasteiger partial charge in [0.25, 0.3) is 11.5 Å². The van der Waals surface area contributed by atoms with E-state index in [1.165, 1.54) is 0 Å². The average molecular weight is 399 g/mol. The fraction of sp³-hybridized carbons (Fsp3) is 0.167. The molecule has 0 spiro atoms. The van der Waals surface area contributed by atoms with E-state index >= 15 is 0 Å². The van der Waals surface area contributed by atoms with Gasteiger partial charge in [-0.3, -0.25) is 9.59 Å². The van der Waals surface area contributed by atoms with E-state index < -0.39 is 0 Å². The molecule has 30 heavy (non-hydrogen) atoms. The number of methoxy groups -OCH3 is 1. The molecule has 3 heterocycles. The number of fused-ring (bicyclic) bond motifs is 3. The molecule has 0 saturated heterocycles. The van der Waals surface area contributed by atoms with E-state index in [1.54, 1.807) is 24.1 Å². The lowest BCUT2D eigenvalue weighted by molar-refractivity contribution is 0.0733. The molecule has 5 rings (SSSR count). The number of H-pyrrole nitrogens is 2. The van der Waals surface area contributed by atoms with Crippen LogP contribution in [0.25, 0.3) is 22.2 Å². The van der Waals surface area contributed by atoms with Crippen LogP contribution in [0.4, 0.5) is 0 Å². The summed E-state index contributed by atoms with van der Waals surface area (Å²) >= 11 is 0. The van der Waals surface area contributed by atoms with Crippen molar-refractivity contribution in [2.75, 3.05) is 13.7 Å². The number of benzene rings is 2. The largest absolute Gasteiger partial charge is 0.497 e. The molecule has 0 atom stereocenters. The second-order valence-electron chi connectivity index (χ2n) is 7.45. The first kappa shape index (κ1) is 18.2. The number of nitrogens with zero attached hydrogens (tertiary/aromatic N) is 1. The zero-order chi connectivity index (χ0) is 20.7. The Labute approximate surface area is 173 Å². The molecular formula is C24H21N3O3. The van der Waals surface area contributed by atoms with Gasteiger partial charge >= 0.3 is 0 Å². The van der Waals surface area contributed by atoms with E-state index in [1.807, 2.05) is 48.5 Å². The van der Waals surface area contributed by atoms with Crippen LogP contribution in [0.5, 0.6) is 5.75 Å². The number of hydrogen-bond acceptors (Lipinski definition) is 3. The molecule has 6 heteroatoms. The third-order valence-electron chi connectivity index (χ3n) is 5.69. The van der Waals surface area contributed by atoms with Crippen LogP contribution < -0.4 is 10.3 Å². The van der Waals surface area contributed by atoms with Gasteiger partial charge in [-0.1, -0.05) is 30.3 Å². The quantitative estimate of drug-likeness (QED) is 0.551. The highest BCUT2D eigenvalue weighted by molar-refractivity contribution is 5.95. The molecule has 1 aliphatic rings. The summed E-state index contributed by atoms with van der Waals surface area (Å²) in [5.74, 6) is 0.527. The number of rotatable bonds is 3. The van der Waals surface area contributed by atoms with Crippen molar-refractivity contribution in [3.05, 3.63) is 87.8 Å². The highest BCUT2D eigenvalue weighted by Gasteiger charge is 2.26.